The minimum absolute atomic E-state index is 0.296. The van der Waals surface area contributed by atoms with Gasteiger partial charge in [-0.05, 0) is 30.4 Å². The van der Waals surface area contributed by atoms with E-state index in [9.17, 15) is 9.59 Å². The molecule has 33 heavy (non-hydrogen) atoms. The number of rotatable bonds is 5. The molecule has 2 atom stereocenters. The predicted octanol–water partition coefficient (Wildman–Crippen LogP) is 3.32. The smallest absolute Gasteiger partial charge is 0.332 e. The molecule has 0 bridgehead atoms. The number of aryl methyl sites for hydroxylation is 2. The molecule has 1 saturated heterocycles. The number of nitrogens with zero attached hydrogens (tertiary/aromatic N) is 6. The zero-order valence-corrected chi connectivity index (χ0v) is 20.9. The molecule has 0 saturated carbocycles. The molecule has 0 N–H and O–H groups in total. The summed E-state index contributed by atoms with van der Waals surface area (Å²) in [6, 6.07) is 8.14. The largest absolute Gasteiger partial charge is 0.342 e. The Hall–Kier alpha value is -2.59. The lowest BCUT2D eigenvalue weighted by molar-refractivity contribution is 0.352. The van der Waals surface area contributed by atoms with Crippen molar-refractivity contribution >= 4 is 50.4 Å². The van der Waals surface area contributed by atoms with Crippen LogP contribution in [0.2, 0.25) is 0 Å². The summed E-state index contributed by atoms with van der Waals surface area (Å²) in [7, 11) is 3.21. The maximum absolute atomic E-state index is 13.2. The summed E-state index contributed by atoms with van der Waals surface area (Å²) in [5, 5.41) is 0. The Labute approximate surface area is 199 Å². The first-order valence-electron chi connectivity index (χ1n) is 11.2. The summed E-state index contributed by atoms with van der Waals surface area (Å²) in [6.07, 6.45) is 1.18. The Balaban J connectivity index is 1.53. The molecular formula is C23H28N6O2S2. The maximum Gasteiger partial charge on any atom is 0.332 e. The summed E-state index contributed by atoms with van der Waals surface area (Å²) in [5.41, 5.74) is 1.31. The van der Waals surface area contributed by atoms with Crippen molar-refractivity contribution < 1.29 is 0 Å². The number of benzene rings is 1. The van der Waals surface area contributed by atoms with Gasteiger partial charge in [0.2, 0.25) is 5.95 Å². The number of hydrogen-bond donors (Lipinski definition) is 0. The van der Waals surface area contributed by atoms with Gasteiger partial charge in [-0.15, -0.1) is 11.3 Å². The number of anilines is 1. The summed E-state index contributed by atoms with van der Waals surface area (Å²) in [6.45, 7) is 6.92. The first-order chi connectivity index (χ1) is 15.8. The highest BCUT2D eigenvalue weighted by atomic mass is 32.2. The van der Waals surface area contributed by atoms with Crippen LogP contribution in [0.25, 0.3) is 21.4 Å². The van der Waals surface area contributed by atoms with Crippen LogP contribution in [0.3, 0.4) is 0 Å². The van der Waals surface area contributed by atoms with Crippen molar-refractivity contribution in [2.24, 2.45) is 25.9 Å². The van der Waals surface area contributed by atoms with Gasteiger partial charge in [-0.3, -0.25) is 13.9 Å². The van der Waals surface area contributed by atoms with Crippen LogP contribution in [0.4, 0.5) is 5.95 Å². The van der Waals surface area contributed by atoms with Crippen LogP contribution in [-0.4, -0.2) is 42.5 Å². The van der Waals surface area contributed by atoms with Gasteiger partial charge >= 0.3 is 5.69 Å². The van der Waals surface area contributed by atoms with Gasteiger partial charge in [0.25, 0.3) is 5.56 Å². The van der Waals surface area contributed by atoms with Gasteiger partial charge in [0.1, 0.15) is 0 Å². The van der Waals surface area contributed by atoms with Crippen LogP contribution in [0.1, 0.15) is 20.3 Å². The van der Waals surface area contributed by atoms with Gasteiger partial charge in [0.15, 0.2) is 15.5 Å². The minimum Gasteiger partial charge on any atom is -0.342 e. The molecule has 5 rings (SSSR count). The molecule has 0 amide bonds. The number of thiazole rings is 1. The Kier molecular flexibility index (Phi) is 5.82. The highest BCUT2D eigenvalue weighted by Gasteiger charge is 2.28. The highest BCUT2D eigenvalue weighted by Crippen LogP contribution is 2.31. The van der Waals surface area contributed by atoms with E-state index in [-0.39, 0.29) is 11.2 Å². The second kappa shape index (κ2) is 8.64. The van der Waals surface area contributed by atoms with E-state index in [1.54, 1.807) is 30.1 Å². The van der Waals surface area contributed by atoms with Gasteiger partial charge in [0, 0.05) is 39.5 Å². The zero-order chi connectivity index (χ0) is 23.3. The third-order valence-electron chi connectivity index (χ3n) is 6.29. The topological polar surface area (TPSA) is 78.0 Å². The second-order valence-corrected chi connectivity index (χ2v) is 11.5. The molecule has 4 aromatic rings. The normalized spacial score (nSPS) is 19.1. The van der Waals surface area contributed by atoms with Gasteiger partial charge in [-0.2, -0.15) is 4.98 Å². The molecule has 0 radical (unpaired) electrons. The van der Waals surface area contributed by atoms with E-state index in [2.05, 4.69) is 24.8 Å². The van der Waals surface area contributed by atoms with Crippen molar-refractivity contribution in [1.82, 2.24) is 23.7 Å². The monoisotopic (exact) mass is 484 g/mol. The molecule has 0 unspecified atom stereocenters. The molecule has 1 fully saturated rings. The summed E-state index contributed by atoms with van der Waals surface area (Å²) in [5.74, 6) is 2.63. The molecule has 1 aliphatic heterocycles. The van der Waals surface area contributed by atoms with E-state index in [0.717, 1.165) is 34.6 Å². The van der Waals surface area contributed by atoms with Crippen LogP contribution in [0, 0.1) is 11.8 Å². The molecule has 0 aliphatic carbocycles. The lowest BCUT2D eigenvalue weighted by Gasteiger charge is -2.35. The number of hydrogen-bond acceptors (Lipinski definition) is 7. The van der Waals surface area contributed by atoms with Gasteiger partial charge in [-0.25, -0.2) is 9.78 Å². The Morgan fingerprint density at radius 3 is 2.52 bits per heavy atom. The number of imidazole rings is 1. The predicted molar refractivity (Wildman–Crippen MR) is 136 cm³/mol. The minimum atomic E-state index is -0.354. The van der Waals surface area contributed by atoms with Crippen LogP contribution in [0.15, 0.2) is 38.2 Å². The van der Waals surface area contributed by atoms with Crippen molar-refractivity contribution in [1.29, 1.82) is 0 Å². The molecule has 174 valence electrons. The second-order valence-electron chi connectivity index (χ2n) is 9.09. The summed E-state index contributed by atoms with van der Waals surface area (Å²) < 4.78 is 6.86. The Morgan fingerprint density at radius 1 is 1.06 bits per heavy atom. The number of thioether (sulfide) groups is 1. The van der Waals surface area contributed by atoms with Crippen LogP contribution in [-0.2, 0) is 20.6 Å². The fourth-order valence-corrected chi connectivity index (χ4v) is 6.91. The molecule has 8 nitrogen and oxygen atoms in total. The summed E-state index contributed by atoms with van der Waals surface area (Å²) >= 11 is 3.38. The maximum atomic E-state index is 13.2. The number of piperidine rings is 1. The molecule has 1 aromatic carbocycles. The fraction of sp³-hybridized carbons (Fsp3) is 0.478. The average molecular weight is 485 g/mol. The third kappa shape index (κ3) is 3.99. The number of para-hydroxylation sites is 1. The van der Waals surface area contributed by atoms with Crippen molar-refractivity contribution in [2.45, 2.75) is 31.2 Å². The Bertz CT molecular complexity index is 1410. The highest BCUT2D eigenvalue weighted by molar-refractivity contribution is 8.01. The van der Waals surface area contributed by atoms with Crippen molar-refractivity contribution in [3.05, 3.63) is 45.1 Å². The first-order valence-corrected chi connectivity index (χ1v) is 13.0. The van der Waals surface area contributed by atoms with Crippen LogP contribution in [0.5, 0.6) is 0 Å². The quantitative estimate of drug-likeness (QED) is 0.405. The molecule has 4 heterocycles. The Morgan fingerprint density at radius 2 is 1.79 bits per heavy atom. The number of fused-ring (bicyclic) bond motifs is 2. The summed E-state index contributed by atoms with van der Waals surface area (Å²) in [4.78, 5) is 37.5. The molecular weight excluding hydrogens is 456 g/mol. The standard InChI is InChI=1S/C23H28N6O2S2/c1-14-11-15(2)13-28(12-14)21-25-19-18(20(30)27(4)23(31)26(19)3)29(21)9-10-32-22-24-16-7-5-6-8-17(16)33-22/h5-8,14-15H,9-13H2,1-4H3/t14-,15-/m1/s1. The number of aromatic nitrogens is 5. The lowest BCUT2D eigenvalue weighted by Crippen LogP contribution is -2.40. The van der Waals surface area contributed by atoms with E-state index in [0.29, 0.717) is 29.5 Å². The van der Waals surface area contributed by atoms with Crippen LogP contribution < -0.4 is 16.1 Å². The lowest BCUT2D eigenvalue weighted by atomic mass is 9.92. The van der Waals surface area contributed by atoms with Gasteiger partial charge < -0.3 is 9.47 Å². The van der Waals surface area contributed by atoms with Crippen LogP contribution >= 0.6 is 23.1 Å². The SMILES string of the molecule is C[C@@H]1C[C@@H](C)CN(c2nc3c(c(=O)n(C)c(=O)n3C)n2CCSc2nc3ccccc3s2)C1. The van der Waals surface area contributed by atoms with E-state index < -0.39 is 0 Å². The first kappa shape index (κ1) is 22.2. The molecule has 0 spiro atoms. The molecule has 3 aromatic heterocycles. The van der Waals surface area contributed by atoms with Gasteiger partial charge in [0.05, 0.1) is 10.2 Å². The van der Waals surface area contributed by atoms with E-state index in [1.165, 1.54) is 27.3 Å². The van der Waals surface area contributed by atoms with Crippen molar-refractivity contribution in [3.8, 4) is 0 Å². The van der Waals surface area contributed by atoms with E-state index >= 15 is 0 Å². The van der Waals surface area contributed by atoms with E-state index in [4.69, 9.17) is 9.97 Å². The molecule has 10 heteroatoms. The fourth-order valence-electron chi connectivity index (χ4n) is 4.85. The third-order valence-corrected chi connectivity index (χ3v) is 8.45. The van der Waals surface area contributed by atoms with Crippen molar-refractivity contribution in [3.63, 3.8) is 0 Å². The zero-order valence-electron chi connectivity index (χ0n) is 19.3. The van der Waals surface area contributed by atoms with Gasteiger partial charge in [-0.1, -0.05) is 37.7 Å². The molecule has 1 aliphatic rings. The van der Waals surface area contributed by atoms with E-state index in [1.807, 2.05) is 22.8 Å². The van der Waals surface area contributed by atoms with Crippen molar-refractivity contribution in [2.75, 3.05) is 23.7 Å². The average Bonchev–Trinajstić information content (AvgIpc) is 3.37.